The molecule has 0 heterocycles. The van der Waals surface area contributed by atoms with E-state index in [4.69, 9.17) is 0 Å². The quantitative estimate of drug-likeness (QED) is 0.456. The zero-order valence-corrected chi connectivity index (χ0v) is 4.55. The minimum absolute atomic E-state index is 0. The summed E-state index contributed by atoms with van der Waals surface area (Å²) >= 11 is -4.64. The summed E-state index contributed by atoms with van der Waals surface area (Å²) in [5.41, 5.74) is 0. The van der Waals surface area contributed by atoms with E-state index in [9.17, 15) is 10.6 Å². The van der Waals surface area contributed by atoms with E-state index in [0.29, 0.717) is 0 Å². The van der Waals surface area contributed by atoms with Crippen LogP contribution in [0.15, 0.2) is 0 Å². The minimum atomic E-state index is -4.64. The third-order valence-electron chi connectivity index (χ3n) is 0. The second kappa shape index (κ2) is 10.2. The van der Waals surface area contributed by atoms with Crippen LogP contribution in [-0.4, -0.2) is 53.3 Å². The molecule has 0 atom stereocenters. The van der Waals surface area contributed by atoms with E-state index in [2.05, 4.69) is 0 Å². The van der Waals surface area contributed by atoms with Gasteiger partial charge in [-0.1, -0.05) is 0 Å². The van der Waals surface area contributed by atoms with E-state index >= 15 is 0 Å². The van der Waals surface area contributed by atoms with Crippen molar-refractivity contribution in [2.24, 2.45) is 0 Å². The first-order valence-corrected chi connectivity index (χ1v) is 1.96. The van der Waals surface area contributed by atoms with Gasteiger partial charge in [-0.2, -0.15) is 0 Å². The topological polar surface area (TPSA) is 0 Å². The third kappa shape index (κ3) is 35.8. The molecule has 0 bridgehead atoms. The SMILES string of the molecule is [CaH2].[Cr].[F][Al]([F])[F]. The summed E-state index contributed by atoms with van der Waals surface area (Å²) in [6.45, 7) is 0. The Hall–Kier alpha value is 2.11. The summed E-state index contributed by atoms with van der Waals surface area (Å²) < 4.78 is 29.4. The van der Waals surface area contributed by atoms with E-state index in [1.54, 1.807) is 0 Å². The standard InChI is InChI=1S/Al.Ca.Cr.3FH.2H/h;;;3*1H;;/q+3;;;;;;;/p-3. The molecule has 0 aliphatic heterocycles. The van der Waals surface area contributed by atoms with Gasteiger partial charge in [-0.05, 0) is 0 Å². The van der Waals surface area contributed by atoms with Crippen LogP contribution in [0.4, 0.5) is 10.6 Å². The fourth-order valence-corrected chi connectivity index (χ4v) is 0. The minimum Gasteiger partial charge on any atom is -0.346 e. The Labute approximate surface area is 80.0 Å². The van der Waals surface area contributed by atoms with Crippen molar-refractivity contribution in [2.75, 3.05) is 0 Å². The Morgan fingerprint density at radius 2 is 1.00 bits per heavy atom. The summed E-state index contributed by atoms with van der Waals surface area (Å²) in [7, 11) is 0. The van der Waals surface area contributed by atoms with Gasteiger partial charge >= 0.3 is 53.3 Å². The van der Waals surface area contributed by atoms with Crippen LogP contribution in [0.25, 0.3) is 0 Å². The first-order valence-electron chi connectivity index (χ1n) is 0.655. The summed E-state index contributed by atoms with van der Waals surface area (Å²) in [6.07, 6.45) is 0. The molecule has 0 amide bonds. The predicted molar refractivity (Wildman–Crippen MR) is 17.6 cm³/mol. The molecule has 0 N–H and O–H groups in total. The molecule has 0 aromatic rings. The Balaban J connectivity index is -0.0000000450. The Morgan fingerprint density at radius 1 is 1.00 bits per heavy atom. The van der Waals surface area contributed by atoms with Crippen molar-refractivity contribution in [1.82, 2.24) is 0 Å². The van der Waals surface area contributed by atoms with Crippen LogP contribution >= 0.6 is 0 Å². The van der Waals surface area contributed by atoms with Crippen LogP contribution in [0.3, 0.4) is 0 Å². The number of hydrogen-bond acceptors (Lipinski definition) is 0. The molecule has 6 heavy (non-hydrogen) atoms. The van der Waals surface area contributed by atoms with Crippen LogP contribution in [0, 0.1) is 0 Å². The maximum absolute atomic E-state index is 9.81. The molecule has 0 aliphatic carbocycles. The molecule has 34 valence electrons. The van der Waals surface area contributed by atoms with Crippen molar-refractivity contribution >= 4 is 53.3 Å². The van der Waals surface area contributed by atoms with Crippen molar-refractivity contribution in [3.05, 3.63) is 0 Å². The van der Waals surface area contributed by atoms with Gasteiger partial charge in [0.2, 0.25) is 0 Å². The van der Waals surface area contributed by atoms with Crippen LogP contribution in [0.1, 0.15) is 0 Å². The zero-order chi connectivity index (χ0) is 3.58. The van der Waals surface area contributed by atoms with Crippen LogP contribution in [0.5, 0.6) is 0 Å². The van der Waals surface area contributed by atoms with Crippen molar-refractivity contribution < 1.29 is 27.9 Å². The Bertz CT molecular complexity index is 15.5. The molecule has 0 fully saturated rings. The van der Waals surface area contributed by atoms with E-state index < -0.39 is 15.5 Å². The third-order valence-corrected chi connectivity index (χ3v) is 0. The van der Waals surface area contributed by atoms with Gasteiger partial charge in [0.1, 0.15) is 0 Å². The smallest absolute Gasteiger partial charge is 0.346 e. The van der Waals surface area contributed by atoms with Gasteiger partial charge in [0.05, 0.1) is 0 Å². The van der Waals surface area contributed by atoms with E-state index in [0.717, 1.165) is 0 Å². The first kappa shape index (κ1) is 15.7. The fraction of sp³-hybridized carbons (Fsp3) is 0. The summed E-state index contributed by atoms with van der Waals surface area (Å²) in [4.78, 5) is 0. The average molecular weight is 178 g/mol. The van der Waals surface area contributed by atoms with Gasteiger partial charge < -0.3 is 10.6 Å². The normalized spacial score (nSPS) is 4.50. The Kier molecular flexibility index (Phi) is 26.6. The monoisotopic (exact) mass is 178 g/mol. The molecule has 0 saturated carbocycles. The molecule has 0 aliphatic rings. The molecule has 0 aromatic carbocycles. The Morgan fingerprint density at radius 3 is 1.00 bits per heavy atom. The number of rotatable bonds is 0. The largest absolute Gasteiger partial charge is 1.04 e. The van der Waals surface area contributed by atoms with Crippen LogP contribution in [0.2, 0.25) is 0 Å². The molecule has 0 radical (unpaired) electrons. The molecular weight excluding hydrogens is 176 g/mol. The van der Waals surface area contributed by atoms with Gasteiger partial charge in [-0.3, -0.25) is 0 Å². The van der Waals surface area contributed by atoms with Crippen molar-refractivity contribution in [1.29, 1.82) is 0 Å². The molecule has 0 nitrogen and oxygen atoms in total. The fourth-order valence-electron chi connectivity index (χ4n) is 0. The predicted octanol–water partition coefficient (Wildman–Crippen LogP) is -0.0389. The van der Waals surface area contributed by atoms with Crippen molar-refractivity contribution in [3.8, 4) is 0 Å². The molecule has 0 spiro atoms. The van der Waals surface area contributed by atoms with Gasteiger partial charge in [0, 0.05) is 17.4 Å². The first-order chi connectivity index (χ1) is 1.73. The van der Waals surface area contributed by atoms with E-state index in [1.807, 2.05) is 0 Å². The molecule has 0 rings (SSSR count). The summed E-state index contributed by atoms with van der Waals surface area (Å²) in [5.74, 6) is 0. The summed E-state index contributed by atoms with van der Waals surface area (Å²) in [6, 6.07) is 0. The molecule has 6 heteroatoms. The van der Waals surface area contributed by atoms with Gasteiger partial charge in [-0.25, -0.2) is 0 Å². The van der Waals surface area contributed by atoms with Gasteiger partial charge in [-0.15, -0.1) is 0 Å². The van der Waals surface area contributed by atoms with Crippen molar-refractivity contribution in [3.63, 3.8) is 0 Å². The van der Waals surface area contributed by atoms with E-state index in [1.165, 1.54) is 0 Å². The number of hydrogen-bond donors (Lipinski definition) is 0. The van der Waals surface area contributed by atoms with Crippen LogP contribution < -0.4 is 0 Å². The molecular formula is H2AlCaCrF3. The average Bonchev–Trinajstić information content (AvgIpc) is 0.811. The molecule has 0 aromatic heterocycles. The van der Waals surface area contributed by atoms with Gasteiger partial charge in [0.15, 0.2) is 0 Å². The van der Waals surface area contributed by atoms with Crippen molar-refractivity contribution in [2.45, 2.75) is 0 Å². The molecule has 0 unspecified atom stereocenters. The molecule has 0 saturated heterocycles. The summed E-state index contributed by atoms with van der Waals surface area (Å²) in [5, 5.41) is 0. The zero-order valence-electron chi connectivity index (χ0n) is 2.12. The maximum Gasteiger partial charge on any atom is 1.04 e. The second-order valence-corrected chi connectivity index (χ2v) is 0.742. The van der Waals surface area contributed by atoms with E-state index in [-0.39, 0.29) is 55.1 Å². The van der Waals surface area contributed by atoms with Gasteiger partial charge in [0.25, 0.3) is 0 Å². The number of halogens is 3. The van der Waals surface area contributed by atoms with Crippen LogP contribution in [-0.2, 0) is 17.4 Å². The second-order valence-electron chi connectivity index (χ2n) is 0.247. The maximum atomic E-state index is 9.81.